The molecule has 3 heteroatoms. The SMILES string of the molecule is C=C(CC(O)CCC=Cc1ccccc1)C(=O)O. The molecular weight excluding hydrogens is 228 g/mol. The van der Waals surface area contributed by atoms with Crippen molar-refractivity contribution in [1.29, 1.82) is 0 Å². The minimum atomic E-state index is -1.05. The smallest absolute Gasteiger partial charge is 0.331 e. The van der Waals surface area contributed by atoms with E-state index in [4.69, 9.17) is 5.11 Å². The molecule has 18 heavy (non-hydrogen) atoms. The molecule has 0 amide bonds. The molecule has 0 bridgehead atoms. The second-order valence-electron chi connectivity index (χ2n) is 4.16. The van der Waals surface area contributed by atoms with Crippen molar-refractivity contribution in [3.05, 3.63) is 54.1 Å². The molecular formula is C15H18O3. The Kier molecular flexibility index (Phi) is 5.88. The first-order valence-electron chi connectivity index (χ1n) is 5.90. The summed E-state index contributed by atoms with van der Waals surface area (Å²) in [4.78, 5) is 10.5. The summed E-state index contributed by atoms with van der Waals surface area (Å²) in [6.45, 7) is 3.39. The summed E-state index contributed by atoms with van der Waals surface area (Å²) in [5.74, 6) is -1.05. The summed E-state index contributed by atoms with van der Waals surface area (Å²) in [5, 5.41) is 18.2. The van der Waals surface area contributed by atoms with Crippen LogP contribution in [0.25, 0.3) is 6.08 Å². The summed E-state index contributed by atoms with van der Waals surface area (Å²) in [7, 11) is 0. The van der Waals surface area contributed by atoms with Crippen LogP contribution >= 0.6 is 0 Å². The summed E-state index contributed by atoms with van der Waals surface area (Å²) in [6, 6.07) is 9.88. The van der Waals surface area contributed by atoms with Crippen molar-refractivity contribution in [2.45, 2.75) is 25.4 Å². The van der Waals surface area contributed by atoms with Crippen LogP contribution in [0.2, 0.25) is 0 Å². The van der Waals surface area contributed by atoms with Gasteiger partial charge < -0.3 is 10.2 Å². The van der Waals surface area contributed by atoms with Gasteiger partial charge in [-0.3, -0.25) is 0 Å². The Balaban J connectivity index is 2.27. The molecule has 1 aromatic carbocycles. The fourth-order valence-corrected chi connectivity index (χ4v) is 1.55. The zero-order chi connectivity index (χ0) is 13.4. The number of aliphatic hydroxyl groups is 1. The summed E-state index contributed by atoms with van der Waals surface area (Å²) in [6.07, 6.45) is 4.68. The van der Waals surface area contributed by atoms with Gasteiger partial charge in [0.25, 0.3) is 0 Å². The average Bonchev–Trinajstić information content (AvgIpc) is 2.35. The maximum Gasteiger partial charge on any atom is 0.331 e. The molecule has 0 saturated heterocycles. The van der Waals surface area contributed by atoms with Crippen LogP contribution in [0, 0.1) is 0 Å². The highest BCUT2D eigenvalue weighted by atomic mass is 16.4. The normalized spacial score (nSPS) is 12.5. The molecule has 1 atom stereocenters. The predicted octanol–water partition coefficient (Wildman–Crippen LogP) is 2.87. The molecule has 2 N–H and O–H groups in total. The highest BCUT2D eigenvalue weighted by Gasteiger charge is 2.10. The van der Waals surface area contributed by atoms with Crippen LogP contribution in [0.4, 0.5) is 0 Å². The molecule has 0 heterocycles. The van der Waals surface area contributed by atoms with E-state index in [9.17, 15) is 9.90 Å². The largest absolute Gasteiger partial charge is 0.478 e. The van der Waals surface area contributed by atoms with E-state index in [1.807, 2.05) is 42.5 Å². The van der Waals surface area contributed by atoms with E-state index in [1.54, 1.807) is 0 Å². The molecule has 0 fully saturated rings. The molecule has 0 radical (unpaired) electrons. The van der Waals surface area contributed by atoms with Crippen molar-refractivity contribution in [2.24, 2.45) is 0 Å². The fourth-order valence-electron chi connectivity index (χ4n) is 1.55. The third-order valence-electron chi connectivity index (χ3n) is 2.56. The van der Waals surface area contributed by atoms with Crippen LogP contribution in [0.3, 0.4) is 0 Å². The number of allylic oxidation sites excluding steroid dienone is 1. The van der Waals surface area contributed by atoms with E-state index in [0.29, 0.717) is 12.8 Å². The summed E-state index contributed by atoms with van der Waals surface area (Å²) < 4.78 is 0. The molecule has 0 aliphatic carbocycles. The quantitative estimate of drug-likeness (QED) is 0.727. The number of hydrogen-bond acceptors (Lipinski definition) is 2. The fraction of sp³-hybridized carbons (Fsp3) is 0.267. The molecule has 1 unspecified atom stereocenters. The van der Waals surface area contributed by atoms with Gasteiger partial charge in [0.2, 0.25) is 0 Å². The van der Waals surface area contributed by atoms with Gasteiger partial charge >= 0.3 is 5.97 Å². The second-order valence-corrected chi connectivity index (χ2v) is 4.16. The van der Waals surface area contributed by atoms with E-state index in [1.165, 1.54) is 0 Å². The number of carboxylic acids is 1. The molecule has 0 aromatic heterocycles. The predicted molar refractivity (Wildman–Crippen MR) is 72.1 cm³/mol. The zero-order valence-electron chi connectivity index (χ0n) is 10.2. The molecule has 3 nitrogen and oxygen atoms in total. The number of rotatable bonds is 7. The summed E-state index contributed by atoms with van der Waals surface area (Å²) in [5.41, 5.74) is 1.16. The van der Waals surface area contributed by atoms with Crippen LogP contribution < -0.4 is 0 Å². The standard InChI is InChI=1S/C15H18O3/c1-12(15(17)18)11-14(16)10-6-5-9-13-7-3-2-4-8-13/h2-5,7-9,14,16H,1,6,10-11H2,(H,17,18). The molecule has 0 saturated carbocycles. The number of carboxylic acid groups (broad SMARTS) is 1. The Bertz CT molecular complexity index is 421. The van der Waals surface area contributed by atoms with Gasteiger partial charge in [0, 0.05) is 12.0 Å². The third kappa shape index (κ3) is 5.46. The number of hydrogen-bond donors (Lipinski definition) is 2. The monoisotopic (exact) mass is 246 g/mol. The maximum atomic E-state index is 10.5. The molecule has 1 rings (SSSR count). The van der Waals surface area contributed by atoms with Crippen molar-refractivity contribution >= 4 is 12.0 Å². The van der Waals surface area contributed by atoms with Gasteiger partial charge in [0.1, 0.15) is 0 Å². The van der Waals surface area contributed by atoms with E-state index in [-0.39, 0.29) is 12.0 Å². The molecule has 0 aliphatic heterocycles. The molecule has 0 aliphatic rings. The summed E-state index contributed by atoms with van der Waals surface area (Å²) >= 11 is 0. The molecule has 96 valence electrons. The minimum Gasteiger partial charge on any atom is -0.478 e. The highest BCUT2D eigenvalue weighted by Crippen LogP contribution is 2.10. The first kappa shape index (κ1) is 14.2. The van der Waals surface area contributed by atoms with Gasteiger partial charge in [0.15, 0.2) is 0 Å². The Labute approximate surface area is 107 Å². The Morgan fingerprint density at radius 3 is 2.61 bits per heavy atom. The lowest BCUT2D eigenvalue weighted by Gasteiger charge is -2.08. The van der Waals surface area contributed by atoms with Crippen LogP contribution in [-0.2, 0) is 4.79 Å². The van der Waals surface area contributed by atoms with Crippen molar-refractivity contribution in [2.75, 3.05) is 0 Å². The Morgan fingerprint density at radius 1 is 1.33 bits per heavy atom. The highest BCUT2D eigenvalue weighted by molar-refractivity contribution is 5.85. The number of carbonyl (C=O) groups is 1. The van der Waals surface area contributed by atoms with E-state index >= 15 is 0 Å². The van der Waals surface area contributed by atoms with Crippen molar-refractivity contribution in [1.82, 2.24) is 0 Å². The third-order valence-corrected chi connectivity index (χ3v) is 2.56. The van der Waals surface area contributed by atoms with Gasteiger partial charge in [-0.2, -0.15) is 0 Å². The van der Waals surface area contributed by atoms with Crippen LogP contribution in [0.5, 0.6) is 0 Å². The maximum absolute atomic E-state index is 10.5. The van der Waals surface area contributed by atoms with E-state index in [0.717, 1.165) is 5.56 Å². The van der Waals surface area contributed by atoms with Crippen molar-refractivity contribution in [3.8, 4) is 0 Å². The van der Waals surface area contributed by atoms with Crippen LogP contribution in [-0.4, -0.2) is 22.3 Å². The van der Waals surface area contributed by atoms with Crippen LogP contribution in [0.1, 0.15) is 24.8 Å². The zero-order valence-corrected chi connectivity index (χ0v) is 10.2. The van der Waals surface area contributed by atoms with Crippen molar-refractivity contribution < 1.29 is 15.0 Å². The van der Waals surface area contributed by atoms with Gasteiger partial charge in [-0.05, 0) is 18.4 Å². The molecule has 1 aromatic rings. The lowest BCUT2D eigenvalue weighted by Crippen LogP contribution is -2.11. The minimum absolute atomic E-state index is 0.0505. The average molecular weight is 246 g/mol. The van der Waals surface area contributed by atoms with Gasteiger partial charge in [-0.1, -0.05) is 49.1 Å². The lowest BCUT2D eigenvalue weighted by molar-refractivity contribution is -0.133. The van der Waals surface area contributed by atoms with Gasteiger partial charge in [-0.25, -0.2) is 4.79 Å². The number of aliphatic hydroxyl groups excluding tert-OH is 1. The van der Waals surface area contributed by atoms with E-state index in [2.05, 4.69) is 6.58 Å². The molecule has 0 spiro atoms. The first-order valence-corrected chi connectivity index (χ1v) is 5.90. The van der Waals surface area contributed by atoms with E-state index < -0.39 is 12.1 Å². The Hall–Kier alpha value is -1.87. The number of aliphatic carboxylic acids is 1. The van der Waals surface area contributed by atoms with Crippen molar-refractivity contribution in [3.63, 3.8) is 0 Å². The Morgan fingerprint density at radius 2 is 2.00 bits per heavy atom. The lowest BCUT2D eigenvalue weighted by atomic mass is 10.1. The topological polar surface area (TPSA) is 57.5 Å². The van der Waals surface area contributed by atoms with Gasteiger partial charge in [0.05, 0.1) is 6.10 Å². The first-order chi connectivity index (χ1) is 8.59. The van der Waals surface area contributed by atoms with Crippen LogP contribution in [0.15, 0.2) is 48.6 Å². The number of benzene rings is 1. The second kappa shape index (κ2) is 7.45. The van der Waals surface area contributed by atoms with Gasteiger partial charge in [-0.15, -0.1) is 0 Å².